The molecule has 2 aliphatic heterocycles. The smallest absolute Gasteiger partial charge is 0.337 e. The summed E-state index contributed by atoms with van der Waals surface area (Å²) in [4.78, 5) is 23.4. The maximum atomic E-state index is 13.7. The molecule has 0 aromatic heterocycles. The van der Waals surface area contributed by atoms with Crippen LogP contribution in [-0.4, -0.2) is 29.1 Å². The Balaban J connectivity index is 1.56. The van der Waals surface area contributed by atoms with Gasteiger partial charge >= 0.3 is 6.18 Å². The van der Waals surface area contributed by atoms with Crippen LogP contribution in [0.25, 0.3) is 0 Å². The second-order valence-electron chi connectivity index (χ2n) is 8.42. The second-order valence-corrected chi connectivity index (χ2v) is 10.9. The number of anilines is 1. The Bertz CT molecular complexity index is 1210. The maximum Gasteiger partial charge on any atom is 0.416 e. The Morgan fingerprint density at radius 2 is 1.82 bits per heavy atom. The minimum Gasteiger partial charge on any atom is -0.337 e. The molecule has 2 fully saturated rings. The number of hydrogen-bond acceptors (Lipinski definition) is 5. The summed E-state index contributed by atoms with van der Waals surface area (Å²) < 4.78 is 39.7. The van der Waals surface area contributed by atoms with Crippen LogP contribution in [0.15, 0.2) is 62.3 Å². The minimum atomic E-state index is -4.46. The number of carbonyl (C=O) groups is 1. The van der Waals surface area contributed by atoms with E-state index in [1.165, 1.54) is 35.7 Å². The van der Waals surface area contributed by atoms with E-state index in [2.05, 4.69) is 4.99 Å². The van der Waals surface area contributed by atoms with Crippen LogP contribution in [0.3, 0.4) is 0 Å². The summed E-state index contributed by atoms with van der Waals surface area (Å²) in [7, 11) is 1.89. The molecule has 0 spiro atoms. The highest BCUT2D eigenvalue weighted by Gasteiger charge is 2.42. The summed E-state index contributed by atoms with van der Waals surface area (Å²) in [5.74, 6) is -0.143. The number of aliphatic imine (C=N–C) groups is 1. The van der Waals surface area contributed by atoms with Gasteiger partial charge in [0.2, 0.25) is 0 Å². The highest BCUT2D eigenvalue weighted by Crippen LogP contribution is 2.51. The predicted octanol–water partition coefficient (Wildman–Crippen LogP) is 7.67. The van der Waals surface area contributed by atoms with Gasteiger partial charge < -0.3 is 4.90 Å². The molecular weight excluding hydrogens is 503 g/mol. The SMILES string of the molecule is CN1/C(=C2/SC(=Nc3cccc(C(F)(F)F)c3)N(C3CCCCC3)C2=O)Sc2ccc(Cl)cc21. The number of fused-ring (bicyclic) bond motifs is 1. The molecule has 5 rings (SSSR count). The van der Waals surface area contributed by atoms with Gasteiger partial charge in [-0.15, -0.1) is 0 Å². The van der Waals surface area contributed by atoms with E-state index in [0.29, 0.717) is 15.1 Å². The van der Waals surface area contributed by atoms with Gasteiger partial charge in [-0.2, -0.15) is 13.2 Å². The van der Waals surface area contributed by atoms with Crippen molar-refractivity contribution in [3.05, 3.63) is 63.0 Å². The lowest BCUT2D eigenvalue weighted by atomic mass is 9.94. The predicted molar refractivity (Wildman–Crippen MR) is 133 cm³/mol. The number of amidine groups is 1. The topological polar surface area (TPSA) is 35.9 Å². The molecule has 2 aromatic carbocycles. The number of benzene rings is 2. The van der Waals surface area contributed by atoms with Crippen LogP contribution in [0, 0.1) is 0 Å². The zero-order valence-electron chi connectivity index (χ0n) is 18.2. The molecule has 2 aromatic rings. The molecule has 1 saturated heterocycles. The average molecular weight is 524 g/mol. The van der Waals surface area contributed by atoms with Crippen LogP contribution in [-0.2, 0) is 11.0 Å². The summed E-state index contributed by atoms with van der Waals surface area (Å²) in [5.41, 5.74) is 0.338. The first kappa shape index (κ1) is 23.6. The molecule has 3 aliphatic rings. The monoisotopic (exact) mass is 523 g/mol. The zero-order valence-corrected chi connectivity index (χ0v) is 20.6. The Hall–Kier alpha value is -2.10. The summed E-state index contributed by atoms with van der Waals surface area (Å²) >= 11 is 8.90. The number of rotatable bonds is 2. The van der Waals surface area contributed by atoms with Gasteiger partial charge in [-0.3, -0.25) is 9.69 Å². The molecule has 10 heteroatoms. The molecule has 0 bridgehead atoms. The Kier molecular flexibility index (Phi) is 6.37. The average Bonchev–Trinajstić information content (AvgIpc) is 3.30. The number of carbonyl (C=O) groups excluding carboxylic acids is 1. The van der Waals surface area contributed by atoms with Gasteiger partial charge in [-0.1, -0.05) is 48.7 Å². The lowest BCUT2D eigenvalue weighted by Gasteiger charge is -2.30. The van der Waals surface area contributed by atoms with E-state index in [1.807, 2.05) is 30.1 Å². The van der Waals surface area contributed by atoms with E-state index in [4.69, 9.17) is 11.6 Å². The molecule has 34 heavy (non-hydrogen) atoms. The normalized spacial score (nSPS) is 22.7. The van der Waals surface area contributed by atoms with Crippen molar-refractivity contribution >= 4 is 57.6 Å². The van der Waals surface area contributed by atoms with Gasteiger partial charge in [0, 0.05) is 23.0 Å². The Labute approximate surface area is 209 Å². The van der Waals surface area contributed by atoms with Crippen LogP contribution < -0.4 is 4.90 Å². The first-order valence-corrected chi connectivity index (χ1v) is 13.0. The number of nitrogens with zero attached hydrogens (tertiary/aromatic N) is 3. The van der Waals surface area contributed by atoms with E-state index in [0.717, 1.165) is 59.8 Å². The molecule has 1 amide bonds. The van der Waals surface area contributed by atoms with E-state index in [9.17, 15) is 18.0 Å². The second kappa shape index (κ2) is 9.17. The fraction of sp³-hybridized carbons (Fsp3) is 0.333. The van der Waals surface area contributed by atoms with Gasteiger partial charge in [0.05, 0.1) is 22.0 Å². The van der Waals surface area contributed by atoms with Gasteiger partial charge in [0.15, 0.2) is 5.17 Å². The third-order valence-corrected chi connectivity index (χ3v) is 8.78. The van der Waals surface area contributed by atoms with Crippen molar-refractivity contribution in [1.29, 1.82) is 0 Å². The standard InChI is InChI=1S/C24H21ClF3N3OS2/c1-30-18-13-15(25)10-11-19(18)33-22(30)20-21(32)31(17-8-3-2-4-9-17)23(34-20)29-16-7-5-6-14(12-16)24(26,27)28/h5-7,10-13,17H,2-4,8-9H2,1H3/b22-20-,29-23?. The molecular formula is C24H21ClF3N3OS2. The summed E-state index contributed by atoms with van der Waals surface area (Å²) in [6.45, 7) is 0. The highest BCUT2D eigenvalue weighted by molar-refractivity contribution is 8.19. The number of alkyl halides is 3. The van der Waals surface area contributed by atoms with Crippen LogP contribution in [0.1, 0.15) is 37.7 Å². The van der Waals surface area contributed by atoms with Gasteiger partial charge in [-0.25, -0.2) is 4.99 Å². The molecule has 0 unspecified atom stereocenters. The third kappa shape index (κ3) is 4.45. The van der Waals surface area contributed by atoms with Crippen molar-refractivity contribution in [2.75, 3.05) is 11.9 Å². The molecule has 4 nitrogen and oxygen atoms in total. The first-order valence-electron chi connectivity index (χ1n) is 10.9. The fourth-order valence-electron chi connectivity index (χ4n) is 4.44. The van der Waals surface area contributed by atoms with E-state index < -0.39 is 11.7 Å². The highest BCUT2D eigenvalue weighted by atomic mass is 35.5. The summed E-state index contributed by atoms with van der Waals surface area (Å²) in [6.07, 6.45) is 0.404. The Morgan fingerprint density at radius 1 is 1.06 bits per heavy atom. The van der Waals surface area contributed by atoms with Crippen LogP contribution in [0.2, 0.25) is 5.02 Å². The fourth-order valence-corrected chi connectivity index (χ4v) is 6.99. The van der Waals surface area contributed by atoms with Crippen LogP contribution in [0.4, 0.5) is 24.5 Å². The van der Waals surface area contributed by atoms with Crippen LogP contribution in [0.5, 0.6) is 0 Å². The van der Waals surface area contributed by atoms with Crippen molar-refractivity contribution in [3.63, 3.8) is 0 Å². The number of halogens is 4. The van der Waals surface area contributed by atoms with E-state index >= 15 is 0 Å². The number of thioether (sulfide) groups is 2. The molecule has 0 atom stereocenters. The van der Waals surface area contributed by atoms with Crippen molar-refractivity contribution in [2.24, 2.45) is 4.99 Å². The molecule has 1 saturated carbocycles. The van der Waals surface area contributed by atoms with Gasteiger partial charge in [0.25, 0.3) is 5.91 Å². The third-order valence-electron chi connectivity index (χ3n) is 6.14. The molecule has 0 radical (unpaired) electrons. The zero-order chi connectivity index (χ0) is 24.0. The molecule has 1 aliphatic carbocycles. The first-order chi connectivity index (χ1) is 16.2. The quantitative estimate of drug-likeness (QED) is 0.378. The van der Waals surface area contributed by atoms with Crippen molar-refractivity contribution in [3.8, 4) is 0 Å². The largest absolute Gasteiger partial charge is 0.416 e. The summed E-state index contributed by atoms with van der Waals surface area (Å²) in [5, 5.41) is 1.82. The van der Waals surface area contributed by atoms with Crippen molar-refractivity contribution < 1.29 is 18.0 Å². The van der Waals surface area contributed by atoms with E-state index in [1.54, 1.807) is 4.90 Å². The van der Waals surface area contributed by atoms with Crippen molar-refractivity contribution in [1.82, 2.24) is 4.90 Å². The van der Waals surface area contributed by atoms with Crippen molar-refractivity contribution in [2.45, 2.75) is 49.2 Å². The van der Waals surface area contributed by atoms with Gasteiger partial charge in [0.1, 0.15) is 4.91 Å². The van der Waals surface area contributed by atoms with Crippen LogP contribution >= 0.6 is 35.1 Å². The molecule has 178 valence electrons. The number of hydrogen-bond donors (Lipinski definition) is 0. The van der Waals surface area contributed by atoms with Gasteiger partial charge in [-0.05, 0) is 61.0 Å². The van der Waals surface area contributed by atoms with E-state index in [-0.39, 0.29) is 17.6 Å². The number of amides is 1. The lowest BCUT2D eigenvalue weighted by molar-refractivity contribution is -0.137. The molecule has 0 N–H and O–H groups in total. The lowest BCUT2D eigenvalue weighted by Crippen LogP contribution is -2.40. The Morgan fingerprint density at radius 3 is 2.56 bits per heavy atom. The molecule has 2 heterocycles. The minimum absolute atomic E-state index is 0.00933. The summed E-state index contributed by atoms with van der Waals surface area (Å²) in [6, 6.07) is 10.5. The maximum absolute atomic E-state index is 13.7.